The summed E-state index contributed by atoms with van der Waals surface area (Å²) < 4.78 is 5.43. The lowest BCUT2D eigenvalue weighted by atomic mass is 9.71. The van der Waals surface area contributed by atoms with Crippen LogP contribution in [-0.4, -0.2) is 0 Å². The Morgan fingerprint density at radius 3 is 2.50 bits per heavy atom. The zero-order valence-corrected chi connectivity index (χ0v) is 11.5. The van der Waals surface area contributed by atoms with E-state index in [1.54, 1.807) is 0 Å². The number of benzene rings is 2. The van der Waals surface area contributed by atoms with Crippen molar-refractivity contribution in [3.8, 4) is 11.5 Å². The van der Waals surface area contributed by atoms with E-state index < -0.39 is 0 Å². The Balaban J connectivity index is 1.91. The maximum Gasteiger partial charge on any atom is 0.170 e. The minimum absolute atomic E-state index is 0.116. The van der Waals surface area contributed by atoms with Crippen LogP contribution in [0.2, 0.25) is 0 Å². The highest BCUT2D eigenvalue weighted by Crippen LogP contribution is 2.50. The molecule has 2 aromatic carbocycles. The van der Waals surface area contributed by atoms with Gasteiger partial charge in [-0.1, -0.05) is 54.6 Å². The average molecular weight is 260 g/mol. The fourth-order valence-electron chi connectivity index (χ4n) is 3.08. The zero-order valence-electron chi connectivity index (χ0n) is 11.5. The van der Waals surface area contributed by atoms with E-state index in [2.05, 4.69) is 73.7 Å². The smallest absolute Gasteiger partial charge is 0.170 e. The van der Waals surface area contributed by atoms with Gasteiger partial charge in [-0.3, -0.25) is 0 Å². The van der Waals surface area contributed by atoms with Gasteiger partial charge in [0.2, 0.25) is 0 Å². The topological polar surface area (TPSA) is 12.5 Å². The molecule has 20 heavy (non-hydrogen) atoms. The molecule has 0 saturated heterocycles. The maximum atomic E-state index is 5.43. The van der Waals surface area contributed by atoms with Crippen LogP contribution in [0.15, 0.2) is 72.3 Å². The lowest BCUT2D eigenvalue weighted by Crippen LogP contribution is -2.25. The molecule has 0 aromatic heterocycles. The van der Waals surface area contributed by atoms with Crippen LogP contribution in [0, 0.1) is 0 Å². The van der Waals surface area contributed by atoms with Crippen LogP contribution in [0.3, 0.4) is 0 Å². The maximum absolute atomic E-state index is 5.43. The second-order valence-electron chi connectivity index (χ2n) is 5.55. The Morgan fingerprint density at radius 2 is 1.80 bits per heavy atom. The molecule has 1 heteroatoms. The molecular formula is C19H16O. The van der Waals surface area contributed by atoms with Gasteiger partial charge in [0.25, 0.3) is 0 Å². The largest absolute Gasteiger partial charge is 0.450 e. The van der Waals surface area contributed by atoms with Crippen molar-refractivity contribution < 1.29 is 4.74 Å². The molecule has 1 nitrogen and oxygen atoms in total. The first-order chi connectivity index (χ1) is 9.78. The van der Waals surface area contributed by atoms with Gasteiger partial charge in [-0.25, -0.2) is 0 Å². The van der Waals surface area contributed by atoms with Crippen LogP contribution < -0.4 is 4.74 Å². The van der Waals surface area contributed by atoms with Gasteiger partial charge < -0.3 is 4.74 Å². The number of rotatable bonds is 3. The van der Waals surface area contributed by atoms with Crippen LogP contribution >= 0.6 is 0 Å². The van der Waals surface area contributed by atoms with E-state index in [4.69, 9.17) is 4.74 Å². The van der Waals surface area contributed by atoms with Gasteiger partial charge in [0.1, 0.15) is 0 Å². The van der Waals surface area contributed by atoms with Crippen LogP contribution in [0.4, 0.5) is 0 Å². The molecule has 98 valence electrons. The quantitative estimate of drug-likeness (QED) is 0.605. The van der Waals surface area contributed by atoms with Crippen molar-refractivity contribution in [1.29, 1.82) is 0 Å². The molecule has 1 aliphatic carbocycles. The number of ether oxygens (including phenoxy) is 1. The van der Waals surface area contributed by atoms with E-state index >= 15 is 0 Å². The summed E-state index contributed by atoms with van der Waals surface area (Å²) in [7, 11) is 0. The molecule has 0 N–H and O–H groups in total. The Labute approximate surface area is 119 Å². The average Bonchev–Trinajstić information content (AvgIpc) is 3.07. The van der Waals surface area contributed by atoms with Crippen LogP contribution in [0.5, 0.6) is 11.5 Å². The molecular weight excluding hydrogens is 244 g/mol. The van der Waals surface area contributed by atoms with Crippen LogP contribution in [0.1, 0.15) is 24.5 Å². The summed E-state index contributed by atoms with van der Waals surface area (Å²) in [6, 6.07) is 17.1. The van der Waals surface area contributed by atoms with Crippen molar-refractivity contribution in [2.45, 2.75) is 18.8 Å². The SMILES string of the molecule is CC(C1=CCC=C1)(c1ccccc1)c1ccc2c(c1)O2. The monoisotopic (exact) mass is 260 g/mol. The summed E-state index contributed by atoms with van der Waals surface area (Å²) in [5.41, 5.74) is 3.86. The molecule has 2 aromatic rings. The summed E-state index contributed by atoms with van der Waals surface area (Å²) >= 11 is 0. The molecule has 0 fully saturated rings. The lowest BCUT2D eigenvalue weighted by Gasteiger charge is -2.31. The lowest BCUT2D eigenvalue weighted by molar-refractivity contribution is 0.646. The fraction of sp³-hybridized carbons (Fsp3) is 0.158. The van der Waals surface area contributed by atoms with Crippen LogP contribution in [0.25, 0.3) is 0 Å². The highest BCUT2D eigenvalue weighted by Gasteiger charge is 2.35. The Bertz CT molecular complexity index is 725. The van der Waals surface area contributed by atoms with E-state index in [-0.39, 0.29) is 5.41 Å². The normalized spacial score (nSPS) is 17.9. The summed E-state index contributed by atoms with van der Waals surface area (Å²) in [6.07, 6.45) is 7.82. The number of hydrogen-bond acceptors (Lipinski definition) is 1. The summed E-state index contributed by atoms with van der Waals surface area (Å²) in [5.74, 6) is 2.03. The van der Waals surface area contributed by atoms with Crippen molar-refractivity contribution >= 4 is 0 Å². The van der Waals surface area contributed by atoms with E-state index in [1.165, 1.54) is 16.7 Å². The zero-order chi connectivity index (χ0) is 13.6. The summed E-state index contributed by atoms with van der Waals surface area (Å²) in [5, 5.41) is 0. The third kappa shape index (κ3) is 1.63. The van der Waals surface area contributed by atoms with Gasteiger partial charge in [-0.15, -0.1) is 0 Å². The Hall–Kier alpha value is -2.28. The first kappa shape index (κ1) is 11.5. The Kier molecular flexibility index (Phi) is 2.37. The van der Waals surface area contributed by atoms with E-state index in [9.17, 15) is 0 Å². The van der Waals surface area contributed by atoms with Gasteiger partial charge >= 0.3 is 0 Å². The molecule has 1 aliphatic heterocycles. The predicted molar refractivity (Wildman–Crippen MR) is 81.3 cm³/mol. The van der Waals surface area contributed by atoms with Crippen molar-refractivity contribution in [1.82, 2.24) is 0 Å². The molecule has 1 atom stereocenters. The molecule has 0 saturated carbocycles. The number of fused-ring (bicyclic) bond motifs is 1. The molecule has 0 radical (unpaired) electrons. The minimum atomic E-state index is -0.116. The van der Waals surface area contributed by atoms with Crippen molar-refractivity contribution in [3.05, 3.63) is 83.5 Å². The van der Waals surface area contributed by atoms with Crippen molar-refractivity contribution in [3.63, 3.8) is 0 Å². The Morgan fingerprint density at radius 1 is 0.950 bits per heavy atom. The van der Waals surface area contributed by atoms with Gasteiger partial charge in [-0.2, -0.15) is 0 Å². The van der Waals surface area contributed by atoms with E-state index in [1.807, 2.05) is 0 Å². The highest BCUT2D eigenvalue weighted by molar-refractivity contribution is 5.61. The van der Waals surface area contributed by atoms with Gasteiger partial charge in [0.05, 0.1) is 0 Å². The molecule has 0 amide bonds. The standard InChI is InChI=1S/C19H16O/c1-19(15-9-5-6-10-15,14-7-3-2-4-8-14)16-11-12-17-18(13-16)20-17/h2-5,7-13H,6H2,1H3. The molecule has 1 unspecified atom stereocenters. The third-order valence-electron chi connectivity index (χ3n) is 4.40. The number of hydrogen-bond donors (Lipinski definition) is 0. The highest BCUT2D eigenvalue weighted by atomic mass is 16.6. The van der Waals surface area contributed by atoms with E-state index in [0.29, 0.717) is 0 Å². The summed E-state index contributed by atoms with van der Waals surface area (Å²) in [4.78, 5) is 0. The first-order valence-electron chi connectivity index (χ1n) is 7.03. The van der Waals surface area contributed by atoms with Gasteiger partial charge in [-0.05, 0) is 42.2 Å². The molecule has 4 rings (SSSR count). The molecule has 2 aliphatic rings. The first-order valence-corrected chi connectivity index (χ1v) is 7.03. The fourth-order valence-corrected chi connectivity index (χ4v) is 3.08. The van der Waals surface area contributed by atoms with Crippen LogP contribution in [-0.2, 0) is 5.41 Å². The van der Waals surface area contributed by atoms with Gasteiger partial charge in [0, 0.05) is 5.41 Å². The third-order valence-corrected chi connectivity index (χ3v) is 4.40. The van der Waals surface area contributed by atoms with Crippen molar-refractivity contribution in [2.24, 2.45) is 0 Å². The van der Waals surface area contributed by atoms with Crippen molar-refractivity contribution in [2.75, 3.05) is 0 Å². The predicted octanol–water partition coefficient (Wildman–Crippen LogP) is 4.98. The second kappa shape index (κ2) is 4.11. The molecule has 0 spiro atoms. The molecule has 0 bridgehead atoms. The summed E-state index contributed by atoms with van der Waals surface area (Å²) in [6.45, 7) is 2.30. The van der Waals surface area contributed by atoms with Gasteiger partial charge in [0.15, 0.2) is 11.5 Å². The van der Waals surface area contributed by atoms with E-state index in [0.717, 1.165) is 17.9 Å². The molecule has 1 heterocycles. The number of allylic oxidation sites excluding steroid dienone is 4. The minimum Gasteiger partial charge on any atom is -0.450 e. The second-order valence-corrected chi connectivity index (χ2v) is 5.55.